The number of allylic oxidation sites excluding steroid dienone is 1. The van der Waals surface area contributed by atoms with E-state index >= 15 is 0 Å². The van der Waals surface area contributed by atoms with E-state index in [1.165, 1.54) is 23.4 Å². The first kappa shape index (κ1) is 24.3. The number of aromatic nitrogens is 2. The van der Waals surface area contributed by atoms with Gasteiger partial charge in [-0.05, 0) is 71.5 Å². The summed E-state index contributed by atoms with van der Waals surface area (Å²) in [6.07, 6.45) is 12.7. The lowest BCUT2D eigenvalue weighted by atomic mass is 9.91. The molecule has 0 saturated carbocycles. The largest absolute Gasteiger partial charge is 0.477 e. The molecular weight excluding hydrogens is 522 g/mol. The molecule has 184 valence electrons. The number of dihydropyridines is 1. The van der Waals surface area contributed by atoms with Crippen LogP contribution < -0.4 is 10.1 Å². The second-order valence-electron chi connectivity index (χ2n) is 9.02. The number of nitrogens with zero attached hydrogens (tertiary/aromatic N) is 4. The number of carboxylic acid groups (broad SMARTS) is 1. The fourth-order valence-corrected chi connectivity index (χ4v) is 4.84. The molecule has 0 fully saturated rings. The molecule has 2 unspecified atom stereocenters. The van der Waals surface area contributed by atoms with Gasteiger partial charge in [-0.1, -0.05) is 17.7 Å². The van der Waals surface area contributed by atoms with E-state index in [1.54, 1.807) is 12.3 Å². The standard InChI is InChI=1S/C27H26BrN5O3/c1-16-4-6-19-11-24(33-26(25(16)28)36-20-7-9-23(27(34)35)32-14-20)21(15-30-19)17-5-8-22(31-13-17)18-3-2-10-29-12-18/h2-3,5,7,9-10,12,14-15,19,22,31H,4,6,8,11,13H2,1H3,(H,34,35). The highest BCUT2D eigenvalue weighted by molar-refractivity contribution is 9.12. The zero-order valence-electron chi connectivity index (χ0n) is 19.8. The van der Waals surface area contributed by atoms with Crippen LogP contribution in [-0.2, 0) is 0 Å². The zero-order chi connectivity index (χ0) is 25.1. The van der Waals surface area contributed by atoms with Crippen LogP contribution in [0.1, 0.15) is 54.7 Å². The molecule has 9 heteroatoms. The predicted octanol–water partition coefficient (Wildman–Crippen LogP) is 5.17. The van der Waals surface area contributed by atoms with Crippen LogP contribution in [0.3, 0.4) is 0 Å². The molecule has 2 atom stereocenters. The normalized spacial score (nSPS) is 22.3. The van der Waals surface area contributed by atoms with E-state index in [9.17, 15) is 4.79 Å². The second-order valence-corrected chi connectivity index (χ2v) is 9.81. The molecule has 3 aliphatic heterocycles. The van der Waals surface area contributed by atoms with E-state index in [0.717, 1.165) is 47.0 Å². The number of carboxylic acids is 1. The quantitative estimate of drug-likeness (QED) is 0.546. The van der Waals surface area contributed by atoms with Gasteiger partial charge in [0.2, 0.25) is 5.90 Å². The molecule has 36 heavy (non-hydrogen) atoms. The van der Waals surface area contributed by atoms with Crippen molar-refractivity contribution in [3.63, 3.8) is 0 Å². The monoisotopic (exact) mass is 547 g/mol. The van der Waals surface area contributed by atoms with Crippen LogP contribution in [0.15, 0.2) is 85.8 Å². The molecule has 2 aromatic heterocycles. The molecule has 0 saturated heterocycles. The predicted molar refractivity (Wildman–Crippen MR) is 142 cm³/mol. The summed E-state index contributed by atoms with van der Waals surface area (Å²) in [6.45, 7) is 2.76. The van der Waals surface area contributed by atoms with E-state index in [4.69, 9.17) is 19.8 Å². The van der Waals surface area contributed by atoms with Crippen molar-refractivity contribution in [3.8, 4) is 5.75 Å². The average Bonchev–Trinajstić information content (AvgIpc) is 2.95. The average molecular weight is 548 g/mol. The van der Waals surface area contributed by atoms with Crippen LogP contribution in [0, 0.1) is 0 Å². The molecule has 2 aromatic rings. The third-order valence-corrected chi connectivity index (χ3v) is 7.56. The first-order valence-corrected chi connectivity index (χ1v) is 12.7. The first-order valence-electron chi connectivity index (χ1n) is 11.9. The van der Waals surface area contributed by atoms with Crippen molar-refractivity contribution in [3.05, 3.63) is 87.1 Å². The Hall–Kier alpha value is -3.43. The lowest BCUT2D eigenvalue weighted by Crippen LogP contribution is -2.29. The molecule has 8 nitrogen and oxygen atoms in total. The van der Waals surface area contributed by atoms with Crippen molar-refractivity contribution in [2.75, 3.05) is 6.54 Å². The summed E-state index contributed by atoms with van der Waals surface area (Å²) in [7, 11) is 0. The number of halogens is 1. The molecule has 0 spiro atoms. The Kier molecular flexibility index (Phi) is 7.20. The van der Waals surface area contributed by atoms with Gasteiger partial charge in [-0.2, -0.15) is 0 Å². The van der Waals surface area contributed by atoms with E-state index in [-0.39, 0.29) is 17.8 Å². The molecule has 0 aliphatic carbocycles. The van der Waals surface area contributed by atoms with Crippen LogP contribution >= 0.6 is 15.9 Å². The van der Waals surface area contributed by atoms with Crippen molar-refractivity contribution in [2.24, 2.45) is 9.98 Å². The molecule has 0 radical (unpaired) electrons. The van der Waals surface area contributed by atoms with Gasteiger partial charge in [0.15, 0.2) is 0 Å². The van der Waals surface area contributed by atoms with Gasteiger partial charge >= 0.3 is 5.97 Å². The van der Waals surface area contributed by atoms with E-state index < -0.39 is 5.97 Å². The Balaban J connectivity index is 1.48. The van der Waals surface area contributed by atoms with Crippen molar-refractivity contribution >= 4 is 34.0 Å². The first-order chi connectivity index (χ1) is 17.5. The molecule has 0 amide bonds. The van der Waals surface area contributed by atoms with E-state index in [0.29, 0.717) is 18.2 Å². The lowest BCUT2D eigenvalue weighted by Gasteiger charge is -2.27. The van der Waals surface area contributed by atoms with E-state index in [2.05, 4.69) is 50.3 Å². The van der Waals surface area contributed by atoms with Gasteiger partial charge in [0, 0.05) is 43.2 Å². The fourth-order valence-electron chi connectivity index (χ4n) is 4.47. The number of carbonyl (C=O) groups is 1. The minimum absolute atomic E-state index is 0.0396. The summed E-state index contributed by atoms with van der Waals surface area (Å²) in [4.78, 5) is 29.2. The number of nitrogens with one attached hydrogen (secondary N) is 1. The molecule has 3 aliphatic rings. The summed E-state index contributed by atoms with van der Waals surface area (Å²) < 4.78 is 6.92. The Labute approximate surface area is 217 Å². The topological polar surface area (TPSA) is 109 Å². The van der Waals surface area contributed by atoms with Crippen molar-refractivity contribution in [1.29, 1.82) is 0 Å². The molecule has 5 heterocycles. The van der Waals surface area contributed by atoms with Crippen molar-refractivity contribution < 1.29 is 14.6 Å². The summed E-state index contributed by atoms with van der Waals surface area (Å²) in [5.74, 6) is -0.233. The van der Waals surface area contributed by atoms with Crippen LogP contribution in [0.5, 0.6) is 5.75 Å². The minimum Gasteiger partial charge on any atom is -0.477 e. The van der Waals surface area contributed by atoms with Gasteiger partial charge in [0.25, 0.3) is 0 Å². The number of pyridine rings is 2. The molecular formula is C27H26BrN5O3. The van der Waals surface area contributed by atoms with Crippen molar-refractivity contribution in [1.82, 2.24) is 15.3 Å². The maximum Gasteiger partial charge on any atom is 0.354 e. The van der Waals surface area contributed by atoms with Crippen LogP contribution in [-0.4, -0.2) is 45.7 Å². The van der Waals surface area contributed by atoms with Crippen LogP contribution in [0.2, 0.25) is 0 Å². The minimum atomic E-state index is -1.08. The van der Waals surface area contributed by atoms with Gasteiger partial charge in [0.05, 0.1) is 22.4 Å². The van der Waals surface area contributed by atoms with Gasteiger partial charge in [-0.15, -0.1) is 0 Å². The maximum atomic E-state index is 11.2. The van der Waals surface area contributed by atoms with Gasteiger partial charge in [-0.25, -0.2) is 14.8 Å². The Bertz CT molecular complexity index is 1310. The lowest BCUT2D eigenvalue weighted by molar-refractivity contribution is 0.0690. The van der Waals surface area contributed by atoms with Gasteiger partial charge in [0.1, 0.15) is 11.4 Å². The Morgan fingerprint density at radius 3 is 2.83 bits per heavy atom. The third kappa shape index (κ3) is 5.37. The maximum absolute atomic E-state index is 11.2. The van der Waals surface area contributed by atoms with Crippen LogP contribution in [0.25, 0.3) is 0 Å². The highest BCUT2D eigenvalue weighted by atomic mass is 79.9. The number of ether oxygens (including phenoxy) is 1. The number of rotatable bonds is 4. The SMILES string of the molecule is CC1=C(Br)C(Oc2ccc(C(=O)O)nc2)=NC2=C(C3=CCC(c4cccnc4)NC3)C=NC(CC1)C2. The summed E-state index contributed by atoms with van der Waals surface area (Å²) in [5.41, 5.74) is 5.36. The van der Waals surface area contributed by atoms with Gasteiger partial charge < -0.3 is 15.2 Å². The number of hydrogen-bond donors (Lipinski definition) is 2. The van der Waals surface area contributed by atoms with E-state index in [1.807, 2.05) is 18.5 Å². The Morgan fingerprint density at radius 1 is 1.25 bits per heavy atom. The summed E-state index contributed by atoms with van der Waals surface area (Å²) in [6, 6.07) is 7.45. The summed E-state index contributed by atoms with van der Waals surface area (Å²) in [5, 5.41) is 12.8. The van der Waals surface area contributed by atoms with Crippen molar-refractivity contribution in [2.45, 2.75) is 44.7 Å². The fraction of sp³-hybridized carbons (Fsp3) is 0.296. The number of aliphatic imine (C=N–C) groups is 2. The summed E-state index contributed by atoms with van der Waals surface area (Å²) >= 11 is 3.69. The molecule has 5 rings (SSSR count). The molecule has 2 bridgehead atoms. The van der Waals surface area contributed by atoms with Gasteiger partial charge in [-0.3, -0.25) is 9.98 Å². The number of aromatic carboxylic acids is 1. The Morgan fingerprint density at radius 2 is 2.14 bits per heavy atom. The number of fused-ring (bicyclic) bond motifs is 2. The number of hydrogen-bond acceptors (Lipinski definition) is 7. The third-order valence-electron chi connectivity index (χ3n) is 6.55. The second kappa shape index (κ2) is 10.7. The zero-order valence-corrected chi connectivity index (χ0v) is 21.4. The highest BCUT2D eigenvalue weighted by Crippen LogP contribution is 2.33. The molecule has 0 aromatic carbocycles. The molecule has 2 N–H and O–H groups in total. The van der Waals surface area contributed by atoms with Crippen LogP contribution in [0.4, 0.5) is 0 Å². The highest BCUT2D eigenvalue weighted by Gasteiger charge is 2.26. The smallest absolute Gasteiger partial charge is 0.354 e.